The molecule has 0 aliphatic carbocycles. The van der Waals surface area contributed by atoms with Gasteiger partial charge < -0.3 is 4.90 Å². The molecule has 2 rings (SSSR count). The van der Waals surface area contributed by atoms with Gasteiger partial charge in [0.1, 0.15) is 0 Å². The first-order valence-electron chi connectivity index (χ1n) is 7.05. The van der Waals surface area contributed by atoms with Crippen LogP contribution in [0.3, 0.4) is 0 Å². The molecule has 0 atom stereocenters. The van der Waals surface area contributed by atoms with E-state index < -0.39 is 6.43 Å². The third kappa shape index (κ3) is 4.99. The third-order valence-electron chi connectivity index (χ3n) is 3.28. The lowest BCUT2D eigenvalue weighted by molar-refractivity contribution is -0.126. The molecular weight excluding hydrogens is 364 g/mol. The molecular formula is C18H16BrF2NO. The Kier molecular flexibility index (Phi) is 6.04. The lowest BCUT2D eigenvalue weighted by Crippen LogP contribution is -2.27. The quantitative estimate of drug-likeness (QED) is 0.707. The van der Waals surface area contributed by atoms with Crippen molar-refractivity contribution >= 4 is 27.5 Å². The summed E-state index contributed by atoms with van der Waals surface area (Å²) in [5.41, 5.74) is 1.66. The van der Waals surface area contributed by atoms with Gasteiger partial charge in [-0.15, -0.1) is 0 Å². The summed E-state index contributed by atoms with van der Waals surface area (Å²) in [7, 11) is 0. The highest BCUT2D eigenvalue weighted by Crippen LogP contribution is 2.25. The average molecular weight is 380 g/mol. The molecule has 0 aromatic heterocycles. The van der Waals surface area contributed by atoms with Crippen LogP contribution in [0.2, 0.25) is 0 Å². The van der Waals surface area contributed by atoms with Crippen LogP contribution in [0.25, 0.3) is 5.70 Å². The van der Waals surface area contributed by atoms with E-state index in [4.69, 9.17) is 0 Å². The minimum atomic E-state index is -2.65. The monoisotopic (exact) mass is 379 g/mol. The van der Waals surface area contributed by atoms with Crippen LogP contribution in [-0.2, 0) is 11.3 Å². The van der Waals surface area contributed by atoms with Crippen LogP contribution in [0.1, 0.15) is 18.1 Å². The largest absolute Gasteiger partial charge is 0.308 e. The van der Waals surface area contributed by atoms with E-state index in [2.05, 4.69) is 15.9 Å². The standard InChI is InChI=1S/C18H16BrF2NO/c1-13(23)22(12-14-5-3-2-4-6-14)17(11-18(20)21)15-7-9-16(19)10-8-15/h2-11,18H,12H2,1H3/b17-11+. The third-order valence-corrected chi connectivity index (χ3v) is 3.81. The van der Waals surface area contributed by atoms with Crippen LogP contribution in [-0.4, -0.2) is 17.2 Å². The SMILES string of the molecule is CC(=O)N(Cc1ccccc1)/C(=C/C(F)F)c1ccc(Br)cc1. The lowest BCUT2D eigenvalue weighted by atomic mass is 10.1. The second kappa shape index (κ2) is 8.02. The molecule has 2 aromatic rings. The van der Waals surface area contributed by atoms with Crippen LogP contribution < -0.4 is 0 Å². The first-order chi connectivity index (χ1) is 11.0. The topological polar surface area (TPSA) is 20.3 Å². The number of hydrogen-bond acceptors (Lipinski definition) is 1. The highest BCUT2D eigenvalue weighted by molar-refractivity contribution is 9.10. The van der Waals surface area contributed by atoms with E-state index >= 15 is 0 Å². The Balaban J connectivity index is 2.41. The smallest absolute Gasteiger partial charge is 0.259 e. The van der Waals surface area contributed by atoms with E-state index in [0.29, 0.717) is 5.56 Å². The molecule has 0 fully saturated rings. The highest BCUT2D eigenvalue weighted by Gasteiger charge is 2.18. The highest BCUT2D eigenvalue weighted by atomic mass is 79.9. The molecule has 120 valence electrons. The summed E-state index contributed by atoms with van der Waals surface area (Å²) in [6.45, 7) is 1.62. The summed E-state index contributed by atoms with van der Waals surface area (Å²) in [5.74, 6) is -0.288. The van der Waals surface area contributed by atoms with Gasteiger partial charge in [-0.3, -0.25) is 4.79 Å². The van der Waals surface area contributed by atoms with Gasteiger partial charge in [0, 0.05) is 17.5 Å². The maximum Gasteiger partial charge on any atom is 0.259 e. The van der Waals surface area contributed by atoms with Crippen LogP contribution >= 0.6 is 15.9 Å². The minimum Gasteiger partial charge on any atom is -0.308 e. The zero-order valence-electron chi connectivity index (χ0n) is 12.5. The number of rotatable bonds is 5. The number of halogens is 3. The Labute approximate surface area is 142 Å². The molecule has 0 aliphatic heterocycles. The van der Waals surface area contributed by atoms with Crippen LogP contribution in [0.5, 0.6) is 0 Å². The Morgan fingerprint density at radius 2 is 1.74 bits per heavy atom. The lowest BCUT2D eigenvalue weighted by Gasteiger charge is -2.25. The number of carbonyl (C=O) groups is 1. The molecule has 2 aromatic carbocycles. The summed E-state index contributed by atoms with van der Waals surface area (Å²) in [6, 6.07) is 16.2. The predicted octanol–water partition coefficient (Wildman–Crippen LogP) is 5.10. The molecule has 0 aliphatic rings. The summed E-state index contributed by atoms with van der Waals surface area (Å²) in [4.78, 5) is 13.4. The summed E-state index contributed by atoms with van der Waals surface area (Å²) >= 11 is 3.32. The Morgan fingerprint density at radius 1 is 1.13 bits per heavy atom. The molecule has 0 bridgehead atoms. The number of benzene rings is 2. The van der Waals surface area contributed by atoms with Gasteiger partial charge in [-0.2, -0.15) is 0 Å². The molecule has 0 N–H and O–H groups in total. The van der Waals surface area contributed by atoms with Crippen molar-refractivity contribution in [3.05, 3.63) is 76.3 Å². The molecule has 5 heteroatoms. The van der Waals surface area contributed by atoms with Gasteiger partial charge in [0.25, 0.3) is 6.43 Å². The number of nitrogens with zero attached hydrogens (tertiary/aromatic N) is 1. The Hall–Kier alpha value is -2.01. The zero-order chi connectivity index (χ0) is 16.8. The van der Waals surface area contributed by atoms with Crippen LogP contribution in [0.4, 0.5) is 8.78 Å². The second-order valence-electron chi connectivity index (χ2n) is 4.98. The zero-order valence-corrected chi connectivity index (χ0v) is 14.1. The number of allylic oxidation sites excluding steroid dienone is 1. The summed E-state index contributed by atoms with van der Waals surface area (Å²) in [6.07, 6.45) is -1.83. The van der Waals surface area contributed by atoms with Crippen molar-refractivity contribution in [3.63, 3.8) is 0 Å². The fourth-order valence-corrected chi connectivity index (χ4v) is 2.48. The molecule has 0 saturated carbocycles. The maximum atomic E-state index is 13.0. The van der Waals surface area contributed by atoms with Crippen LogP contribution in [0, 0.1) is 0 Å². The summed E-state index contributed by atoms with van der Waals surface area (Å²) < 4.78 is 26.8. The van der Waals surface area contributed by atoms with Crippen molar-refractivity contribution in [1.29, 1.82) is 0 Å². The maximum absolute atomic E-state index is 13.0. The van der Waals surface area contributed by atoms with Crippen molar-refractivity contribution in [3.8, 4) is 0 Å². The Morgan fingerprint density at radius 3 is 2.26 bits per heavy atom. The van der Waals surface area contributed by atoms with Gasteiger partial charge in [0.2, 0.25) is 5.91 Å². The van der Waals surface area contributed by atoms with Gasteiger partial charge >= 0.3 is 0 Å². The average Bonchev–Trinajstić information content (AvgIpc) is 2.52. The van der Waals surface area contributed by atoms with Crippen molar-refractivity contribution in [1.82, 2.24) is 4.90 Å². The minimum absolute atomic E-state index is 0.212. The van der Waals surface area contributed by atoms with Crippen molar-refractivity contribution in [2.75, 3.05) is 0 Å². The van der Waals surface area contributed by atoms with Gasteiger partial charge in [-0.05, 0) is 23.3 Å². The van der Waals surface area contributed by atoms with E-state index in [1.807, 2.05) is 30.3 Å². The molecule has 1 amide bonds. The van der Waals surface area contributed by atoms with Crippen molar-refractivity contribution in [2.24, 2.45) is 0 Å². The predicted molar refractivity (Wildman–Crippen MR) is 90.8 cm³/mol. The first-order valence-corrected chi connectivity index (χ1v) is 7.84. The fourth-order valence-electron chi connectivity index (χ4n) is 2.21. The first kappa shape index (κ1) is 17.3. The van der Waals surface area contributed by atoms with Gasteiger partial charge in [-0.25, -0.2) is 8.78 Å². The molecule has 0 heterocycles. The van der Waals surface area contributed by atoms with E-state index in [0.717, 1.165) is 16.1 Å². The molecule has 0 unspecified atom stereocenters. The number of alkyl halides is 2. The van der Waals surface area contributed by atoms with E-state index in [1.165, 1.54) is 11.8 Å². The molecule has 0 saturated heterocycles. The van der Waals surface area contributed by atoms with Crippen molar-refractivity contribution in [2.45, 2.75) is 19.9 Å². The van der Waals surface area contributed by atoms with E-state index in [-0.39, 0.29) is 18.1 Å². The number of carbonyl (C=O) groups excluding carboxylic acids is 1. The normalized spacial score (nSPS) is 11.6. The fraction of sp³-hybridized carbons (Fsp3) is 0.167. The molecule has 23 heavy (non-hydrogen) atoms. The molecule has 2 nitrogen and oxygen atoms in total. The molecule has 0 spiro atoms. The van der Waals surface area contributed by atoms with Crippen LogP contribution in [0.15, 0.2) is 65.1 Å². The van der Waals surface area contributed by atoms with Gasteiger partial charge in [0.05, 0.1) is 12.2 Å². The van der Waals surface area contributed by atoms with E-state index in [9.17, 15) is 13.6 Å². The van der Waals surface area contributed by atoms with Gasteiger partial charge in [-0.1, -0.05) is 58.4 Å². The number of hydrogen-bond donors (Lipinski definition) is 0. The number of amides is 1. The van der Waals surface area contributed by atoms with E-state index in [1.54, 1.807) is 24.3 Å². The second-order valence-corrected chi connectivity index (χ2v) is 5.90. The van der Waals surface area contributed by atoms with Gasteiger partial charge in [0.15, 0.2) is 0 Å². The molecule has 0 radical (unpaired) electrons. The van der Waals surface area contributed by atoms with Crippen molar-refractivity contribution < 1.29 is 13.6 Å². The summed E-state index contributed by atoms with van der Waals surface area (Å²) in [5, 5.41) is 0. The Bertz CT molecular complexity index is 684.